The molecule has 0 radical (unpaired) electrons. The van der Waals surface area contributed by atoms with Gasteiger partial charge < -0.3 is 9.32 Å². The standard InChI is InChI=1S/C24H32N2O4S/c1-18-16-22(18)23-12-9-20(30-23)17-25(2)24(27)13-8-19-6-10-21(11-7-19)31(28,29)26-14-4-3-5-15-26/h6-7,9-12,18,22H,3-5,8,13-17H2,1-2H3/t18-,22-/m1/s1. The predicted molar refractivity (Wildman–Crippen MR) is 119 cm³/mol. The number of amides is 1. The van der Waals surface area contributed by atoms with Gasteiger partial charge in [-0.1, -0.05) is 25.5 Å². The van der Waals surface area contributed by atoms with Gasteiger partial charge in [-0.25, -0.2) is 8.42 Å². The van der Waals surface area contributed by atoms with Crippen LogP contribution >= 0.6 is 0 Å². The van der Waals surface area contributed by atoms with Crippen LogP contribution in [0.1, 0.15) is 62.0 Å². The first-order chi connectivity index (χ1) is 14.8. The molecular formula is C24H32N2O4S. The van der Waals surface area contributed by atoms with E-state index in [-0.39, 0.29) is 5.91 Å². The number of piperidine rings is 1. The molecule has 168 valence electrons. The summed E-state index contributed by atoms with van der Waals surface area (Å²) in [5.74, 6) is 3.12. The average Bonchev–Trinajstić information content (AvgIpc) is 3.33. The van der Waals surface area contributed by atoms with Gasteiger partial charge in [-0.3, -0.25) is 4.79 Å². The van der Waals surface area contributed by atoms with Crippen LogP contribution in [0.4, 0.5) is 0 Å². The Morgan fingerprint density at radius 1 is 1.10 bits per heavy atom. The molecule has 1 aliphatic heterocycles. The Morgan fingerprint density at radius 2 is 1.77 bits per heavy atom. The maximum atomic E-state index is 12.7. The predicted octanol–water partition coefficient (Wildman–Crippen LogP) is 4.17. The first kappa shape index (κ1) is 22.1. The van der Waals surface area contributed by atoms with Crippen molar-refractivity contribution in [1.82, 2.24) is 9.21 Å². The number of sulfonamides is 1. The van der Waals surface area contributed by atoms with Crippen LogP contribution in [0.3, 0.4) is 0 Å². The summed E-state index contributed by atoms with van der Waals surface area (Å²) in [5, 5.41) is 0. The minimum absolute atomic E-state index is 0.0442. The summed E-state index contributed by atoms with van der Waals surface area (Å²) in [6.45, 7) is 3.88. The maximum Gasteiger partial charge on any atom is 0.243 e. The lowest BCUT2D eigenvalue weighted by Gasteiger charge is -2.25. The van der Waals surface area contributed by atoms with E-state index in [1.54, 1.807) is 28.4 Å². The van der Waals surface area contributed by atoms with E-state index in [1.165, 1.54) is 6.42 Å². The van der Waals surface area contributed by atoms with Crippen LogP contribution < -0.4 is 0 Å². The van der Waals surface area contributed by atoms with Crippen LogP contribution in [-0.4, -0.2) is 43.7 Å². The highest BCUT2D eigenvalue weighted by Gasteiger charge is 2.36. The first-order valence-electron chi connectivity index (χ1n) is 11.3. The molecule has 2 heterocycles. The summed E-state index contributed by atoms with van der Waals surface area (Å²) in [5.41, 5.74) is 0.961. The number of hydrogen-bond donors (Lipinski definition) is 0. The van der Waals surface area contributed by atoms with Gasteiger partial charge in [-0.05, 0) is 61.4 Å². The SMILES string of the molecule is C[C@@H]1C[C@H]1c1ccc(CN(C)C(=O)CCc2ccc(S(=O)(=O)N3CCCCC3)cc2)o1. The van der Waals surface area contributed by atoms with Crippen molar-refractivity contribution in [1.29, 1.82) is 0 Å². The topological polar surface area (TPSA) is 70.8 Å². The number of aryl methyl sites for hydroxylation is 1. The summed E-state index contributed by atoms with van der Waals surface area (Å²) in [4.78, 5) is 14.6. The van der Waals surface area contributed by atoms with Crippen LogP contribution in [-0.2, 0) is 27.8 Å². The van der Waals surface area contributed by atoms with E-state index in [0.717, 1.165) is 36.3 Å². The molecule has 0 unspecified atom stereocenters. The second-order valence-corrected chi connectivity index (χ2v) is 10.9. The van der Waals surface area contributed by atoms with Gasteiger partial charge >= 0.3 is 0 Å². The third-order valence-corrected chi connectivity index (χ3v) is 8.39. The van der Waals surface area contributed by atoms with Gasteiger partial charge in [0.2, 0.25) is 15.9 Å². The minimum Gasteiger partial charge on any atom is -0.464 e. The third-order valence-electron chi connectivity index (χ3n) is 6.48. The summed E-state index contributed by atoms with van der Waals surface area (Å²) in [6.07, 6.45) is 5.07. The monoisotopic (exact) mass is 444 g/mol. The van der Waals surface area contributed by atoms with Crippen molar-refractivity contribution >= 4 is 15.9 Å². The largest absolute Gasteiger partial charge is 0.464 e. The molecule has 2 atom stereocenters. The molecule has 0 N–H and O–H groups in total. The summed E-state index contributed by atoms with van der Waals surface area (Å²) < 4.78 is 33.0. The molecule has 1 aromatic carbocycles. The van der Waals surface area contributed by atoms with E-state index in [0.29, 0.717) is 49.2 Å². The Bertz CT molecular complexity index is 1010. The number of furan rings is 1. The van der Waals surface area contributed by atoms with Crippen molar-refractivity contribution in [2.75, 3.05) is 20.1 Å². The van der Waals surface area contributed by atoms with Crippen molar-refractivity contribution in [3.8, 4) is 0 Å². The number of rotatable bonds is 8. The van der Waals surface area contributed by atoms with Gasteiger partial charge in [-0.15, -0.1) is 0 Å². The fourth-order valence-electron chi connectivity index (χ4n) is 4.24. The molecular weight excluding hydrogens is 412 g/mol. The Kier molecular flexibility index (Phi) is 6.53. The van der Waals surface area contributed by atoms with E-state index < -0.39 is 10.0 Å². The lowest BCUT2D eigenvalue weighted by molar-refractivity contribution is -0.130. The normalized spacial score (nSPS) is 21.7. The summed E-state index contributed by atoms with van der Waals surface area (Å²) >= 11 is 0. The zero-order valence-electron chi connectivity index (χ0n) is 18.4. The fourth-order valence-corrected chi connectivity index (χ4v) is 5.76. The molecule has 4 rings (SSSR count). The molecule has 1 aromatic heterocycles. The number of nitrogens with zero attached hydrogens (tertiary/aromatic N) is 2. The van der Waals surface area contributed by atoms with Crippen molar-refractivity contribution < 1.29 is 17.6 Å². The van der Waals surface area contributed by atoms with Crippen molar-refractivity contribution in [2.24, 2.45) is 5.92 Å². The van der Waals surface area contributed by atoms with Crippen molar-refractivity contribution in [2.45, 2.75) is 62.8 Å². The molecule has 7 heteroatoms. The molecule has 6 nitrogen and oxygen atoms in total. The number of carbonyl (C=O) groups excluding carboxylic acids is 1. The van der Waals surface area contributed by atoms with Gasteiger partial charge in [0.25, 0.3) is 0 Å². The number of benzene rings is 1. The molecule has 0 bridgehead atoms. The summed E-state index contributed by atoms with van der Waals surface area (Å²) in [6, 6.07) is 11.0. The van der Waals surface area contributed by atoms with E-state index in [4.69, 9.17) is 4.42 Å². The maximum absolute atomic E-state index is 12.7. The van der Waals surface area contributed by atoms with E-state index >= 15 is 0 Å². The Hall–Kier alpha value is -2.12. The zero-order valence-corrected chi connectivity index (χ0v) is 19.2. The van der Waals surface area contributed by atoms with Crippen molar-refractivity contribution in [3.63, 3.8) is 0 Å². The highest BCUT2D eigenvalue weighted by molar-refractivity contribution is 7.89. The van der Waals surface area contributed by atoms with Crippen LogP contribution in [0.2, 0.25) is 0 Å². The minimum atomic E-state index is -3.41. The zero-order chi connectivity index (χ0) is 22.0. The van der Waals surface area contributed by atoms with Gasteiger partial charge in [-0.2, -0.15) is 4.31 Å². The van der Waals surface area contributed by atoms with Gasteiger partial charge in [0.05, 0.1) is 11.4 Å². The Balaban J connectivity index is 1.28. The molecule has 1 saturated heterocycles. The molecule has 1 aliphatic carbocycles. The fraction of sp³-hybridized carbons (Fsp3) is 0.542. The highest BCUT2D eigenvalue weighted by atomic mass is 32.2. The van der Waals surface area contributed by atoms with E-state index in [9.17, 15) is 13.2 Å². The van der Waals surface area contributed by atoms with E-state index in [1.807, 2.05) is 24.3 Å². The van der Waals surface area contributed by atoms with Gasteiger partial charge in [0.1, 0.15) is 11.5 Å². The van der Waals surface area contributed by atoms with Crippen LogP contribution in [0, 0.1) is 5.92 Å². The molecule has 31 heavy (non-hydrogen) atoms. The third kappa shape index (κ3) is 5.21. The van der Waals surface area contributed by atoms with Crippen molar-refractivity contribution in [3.05, 3.63) is 53.5 Å². The Morgan fingerprint density at radius 3 is 2.42 bits per heavy atom. The number of carbonyl (C=O) groups is 1. The Labute approximate surface area is 185 Å². The van der Waals surface area contributed by atoms with Gasteiger partial charge in [0, 0.05) is 32.5 Å². The molecule has 1 amide bonds. The second kappa shape index (κ2) is 9.17. The van der Waals surface area contributed by atoms with E-state index in [2.05, 4.69) is 6.92 Å². The number of hydrogen-bond acceptors (Lipinski definition) is 4. The second-order valence-electron chi connectivity index (χ2n) is 8.98. The first-order valence-corrected chi connectivity index (χ1v) is 12.7. The van der Waals surface area contributed by atoms with Crippen LogP contribution in [0.25, 0.3) is 0 Å². The quantitative estimate of drug-likeness (QED) is 0.613. The lowest BCUT2D eigenvalue weighted by Crippen LogP contribution is -2.35. The molecule has 1 saturated carbocycles. The highest BCUT2D eigenvalue weighted by Crippen LogP contribution is 2.47. The molecule has 2 aromatic rings. The lowest BCUT2D eigenvalue weighted by atomic mass is 10.1. The molecule has 2 fully saturated rings. The molecule has 2 aliphatic rings. The smallest absolute Gasteiger partial charge is 0.243 e. The van der Waals surface area contributed by atoms with Crippen LogP contribution in [0.5, 0.6) is 0 Å². The molecule has 0 spiro atoms. The van der Waals surface area contributed by atoms with Crippen LogP contribution in [0.15, 0.2) is 45.7 Å². The summed E-state index contributed by atoms with van der Waals surface area (Å²) in [7, 11) is -1.62. The van der Waals surface area contributed by atoms with Gasteiger partial charge in [0.15, 0.2) is 0 Å². The average molecular weight is 445 g/mol.